The van der Waals surface area contributed by atoms with Gasteiger partial charge in [-0.05, 0) is 80.5 Å². The molecule has 0 radical (unpaired) electrons. The van der Waals surface area contributed by atoms with Crippen molar-refractivity contribution in [1.29, 1.82) is 0 Å². The Morgan fingerprint density at radius 2 is 1.75 bits per heavy atom. The van der Waals surface area contributed by atoms with Crippen LogP contribution in [0.2, 0.25) is 0 Å². The lowest BCUT2D eigenvalue weighted by molar-refractivity contribution is -0.132. The van der Waals surface area contributed by atoms with Crippen molar-refractivity contribution >= 4 is 12.0 Å². The largest absolute Gasteiger partial charge is 0.493 e. The fourth-order valence-corrected chi connectivity index (χ4v) is 4.06. The summed E-state index contributed by atoms with van der Waals surface area (Å²) in [4.78, 5) is 29.5. The summed E-state index contributed by atoms with van der Waals surface area (Å²) in [5, 5.41) is 0. The first-order valence-electron chi connectivity index (χ1n) is 12.7. The van der Waals surface area contributed by atoms with Crippen LogP contribution in [0, 0.1) is 11.7 Å². The highest BCUT2D eigenvalue weighted by Gasteiger charge is 2.25. The minimum absolute atomic E-state index is 0.0686. The molecule has 7 heteroatoms. The molecule has 1 aliphatic rings. The van der Waals surface area contributed by atoms with Crippen LogP contribution in [0.4, 0.5) is 9.18 Å². The van der Waals surface area contributed by atoms with E-state index in [1.165, 1.54) is 12.1 Å². The fraction of sp³-hybridized carbons (Fsp3) is 0.517. The summed E-state index contributed by atoms with van der Waals surface area (Å²) in [6.45, 7) is 11.8. The van der Waals surface area contributed by atoms with E-state index in [9.17, 15) is 14.0 Å². The maximum absolute atomic E-state index is 14.1. The molecule has 0 spiro atoms. The van der Waals surface area contributed by atoms with Crippen molar-refractivity contribution in [3.63, 3.8) is 0 Å². The van der Waals surface area contributed by atoms with Gasteiger partial charge in [0.05, 0.1) is 6.61 Å². The topological polar surface area (TPSA) is 59.1 Å². The van der Waals surface area contributed by atoms with Gasteiger partial charge in [0.2, 0.25) is 5.91 Å². The van der Waals surface area contributed by atoms with E-state index in [0.29, 0.717) is 45.0 Å². The molecule has 6 nitrogen and oxygen atoms in total. The first-order valence-corrected chi connectivity index (χ1v) is 12.7. The van der Waals surface area contributed by atoms with E-state index in [1.54, 1.807) is 15.9 Å². The van der Waals surface area contributed by atoms with Crippen LogP contribution in [0.1, 0.15) is 64.2 Å². The number of halogens is 1. The van der Waals surface area contributed by atoms with Gasteiger partial charge >= 0.3 is 6.09 Å². The number of carbonyl (C=O) groups is 2. The molecule has 0 saturated carbocycles. The molecule has 0 aromatic heterocycles. The molecule has 0 bridgehead atoms. The highest BCUT2D eigenvalue weighted by molar-refractivity contribution is 5.77. The predicted octanol–water partition coefficient (Wildman–Crippen LogP) is 5.96. The Morgan fingerprint density at radius 1 is 1.03 bits per heavy atom. The maximum atomic E-state index is 14.1. The summed E-state index contributed by atoms with van der Waals surface area (Å²) in [5.41, 5.74) is 2.13. The molecule has 0 N–H and O–H groups in total. The van der Waals surface area contributed by atoms with Crippen molar-refractivity contribution < 1.29 is 23.5 Å². The average molecular weight is 499 g/mol. The Morgan fingerprint density at radius 3 is 2.42 bits per heavy atom. The summed E-state index contributed by atoms with van der Waals surface area (Å²) in [6.07, 6.45) is 1.01. The van der Waals surface area contributed by atoms with Gasteiger partial charge in [0.25, 0.3) is 0 Å². The van der Waals surface area contributed by atoms with Crippen LogP contribution in [0.5, 0.6) is 5.75 Å². The van der Waals surface area contributed by atoms with Crippen molar-refractivity contribution in [2.24, 2.45) is 5.92 Å². The van der Waals surface area contributed by atoms with Gasteiger partial charge in [-0.25, -0.2) is 9.18 Å². The van der Waals surface area contributed by atoms with E-state index < -0.39 is 11.7 Å². The van der Waals surface area contributed by atoms with Crippen molar-refractivity contribution in [2.45, 2.75) is 72.6 Å². The SMILES string of the molecule is CC(C)COc1ccc(CN2Cc3ccc(F)cc3CCCN(C(=O)OC(C)(C)C)CCC2=O)cc1. The Kier molecular flexibility index (Phi) is 9.35. The molecule has 36 heavy (non-hydrogen) atoms. The zero-order valence-corrected chi connectivity index (χ0v) is 22.2. The lowest BCUT2D eigenvalue weighted by atomic mass is 10.0. The number of hydrogen-bond donors (Lipinski definition) is 0. The van der Waals surface area contributed by atoms with E-state index in [1.807, 2.05) is 45.0 Å². The minimum Gasteiger partial charge on any atom is -0.493 e. The van der Waals surface area contributed by atoms with Gasteiger partial charge in [-0.1, -0.05) is 32.0 Å². The first-order chi connectivity index (χ1) is 17.0. The quantitative estimate of drug-likeness (QED) is 0.510. The third-order valence-electron chi connectivity index (χ3n) is 5.88. The van der Waals surface area contributed by atoms with Gasteiger partial charge in [0, 0.05) is 32.6 Å². The lowest BCUT2D eigenvalue weighted by Crippen LogP contribution is -2.40. The van der Waals surface area contributed by atoms with Crippen molar-refractivity contribution in [3.05, 3.63) is 65.0 Å². The van der Waals surface area contributed by atoms with Crippen LogP contribution >= 0.6 is 0 Å². The minimum atomic E-state index is -0.625. The van der Waals surface area contributed by atoms with Crippen LogP contribution in [0.15, 0.2) is 42.5 Å². The lowest BCUT2D eigenvalue weighted by Gasteiger charge is -2.28. The number of hydrogen-bond acceptors (Lipinski definition) is 4. The molecule has 0 unspecified atom stereocenters. The zero-order chi connectivity index (χ0) is 26.3. The number of benzene rings is 2. The first kappa shape index (κ1) is 27.5. The van der Waals surface area contributed by atoms with Crippen molar-refractivity contribution in [2.75, 3.05) is 19.7 Å². The molecule has 3 rings (SSSR count). The Bertz CT molecular complexity index is 1030. The molecule has 0 atom stereocenters. The predicted molar refractivity (Wildman–Crippen MR) is 138 cm³/mol. The number of aryl methyl sites for hydroxylation is 1. The van der Waals surface area contributed by atoms with Crippen LogP contribution in [-0.2, 0) is 29.0 Å². The number of ether oxygens (including phenoxy) is 2. The number of carbonyl (C=O) groups excluding carboxylic acids is 2. The summed E-state index contributed by atoms with van der Waals surface area (Å²) in [7, 11) is 0. The molecule has 1 heterocycles. The van der Waals surface area contributed by atoms with Gasteiger partial charge in [-0.3, -0.25) is 4.79 Å². The van der Waals surface area contributed by atoms with Crippen LogP contribution < -0.4 is 4.74 Å². The van der Waals surface area contributed by atoms with E-state index in [0.717, 1.165) is 22.4 Å². The number of nitrogens with zero attached hydrogens (tertiary/aromatic N) is 2. The van der Waals surface area contributed by atoms with Gasteiger partial charge in [0.1, 0.15) is 17.2 Å². The molecular weight excluding hydrogens is 459 g/mol. The van der Waals surface area contributed by atoms with Crippen molar-refractivity contribution in [3.8, 4) is 5.75 Å². The van der Waals surface area contributed by atoms with Crippen LogP contribution in [-0.4, -0.2) is 47.1 Å². The normalized spacial score (nSPS) is 15.4. The average Bonchev–Trinajstić information content (AvgIpc) is 2.82. The number of rotatable bonds is 5. The Labute approximate surface area is 214 Å². The highest BCUT2D eigenvalue weighted by Crippen LogP contribution is 2.21. The molecule has 196 valence electrons. The molecule has 2 amide bonds. The van der Waals surface area contributed by atoms with Gasteiger partial charge in [-0.15, -0.1) is 0 Å². The highest BCUT2D eigenvalue weighted by atomic mass is 19.1. The van der Waals surface area contributed by atoms with E-state index in [4.69, 9.17) is 9.47 Å². The second-order valence-electron chi connectivity index (χ2n) is 10.8. The Balaban J connectivity index is 1.81. The molecule has 0 aliphatic carbocycles. The van der Waals surface area contributed by atoms with Crippen molar-refractivity contribution in [1.82, 2.24) is 9.80 Å². The standard InChI is InChI=1S/C29H39FN2O4/c1-21(2)20-35-26-12-8-22(9-13-26)18-32-19-24-10-11-25(30)17-23(24)7-6-15-31(16-14-27(32)33)28(34)36-29(3,4)5/h8-13,17,21H,6-7,14-16,18-20H2,1-5H3. The number of fused-ring (bicyclic) bond motifs is 1. The zero-order valence-electron chi connectivity index (χ0n) is 22.2. The van der Waals surface area contributed by atoms with E-state index >= 15 is 0 Å². The van der Waals surface area contributed by atoms with E-state index in [-0.39, 0.29) is 24.7 Å². The molecule has 2 aromatic rings. The number of amides is 2. The second kappa shape index (κ2) is 12.2. The summed E-state index contributed by atoms with van der Waals surface area (Å²) >= 11 is 0. The molecule has 1 aliphatic heterocycles. The fourth-order valence-electron chi connectivity index (χ4n) is 4.06. The third kappa shape index (κ3) is 8.54. The molecular formula is C29H39FN2O4. The van der Waals surface area contributed by atoms with E-state index in [2.05, 4.69) is 13.8 Å². The van der Waals surface area contributed by atoms with Crippen LogP contribution in [0.3, 0.4) is 0 Å². The molecule has 0 fully saturated rings. The molecule has 2 aromatic carbocycles. The summed E-state index contributed by atoms with van der Waals surface area (Å²) in [5.74, 6) is 0.860. The second-order valence-corrected chi connectivity index (χ2v) is 10.8. The van der Waals surface area contributed by atoms with Gasteiger partial charge in [-0.2, -0.15) is 0 Å². The summed E-state index contributed by atoms with van der Waals surface area (Å²) < 4.78 is 25.4. The molecule has 0 saturated heterocycles. The summed E-state index contributed by atoms with van der Waals surface area (Å²) in [6, 6.07) is 12.5. The maximum Gasteiger partial charge on any atom is 0.410 e. The Hall–Kier alpha value is -3.09. The van der Waals surface area contributed by atoms with Gasteiger partial charge < -0.3 is 19.3 Å². The van der Waals surface area contributed by atoms with Crippen LogP contribution in [0.25, 0.3) is 0 Å². The monoisotopic (exact) mass is 498 g/mol. The smallest absolute Gasteiger partial charge is 0.410 e. The third-order valence-corrected chi connectivity index (χ3v) is 5.88. The van der Waals surface area contributed by atoms with Gasteiger partial charge in [0.15, 0.2) is 0 Å².